The lowest BCUT2D eigenvalue weighted by Gasteiger charge is -2.62. The van der Waals surface area contributed by atoms with E-state index in [1.165, 1.54) is 13.0 Å². The van der Waals surface area contributed by atoms with E-state index in [0.717, 1.165) is 0 Å². The van der Waals surface area contributed by atoms with Gasteiger partial charge in [0.2, 0.25) is 5.78 Å². The van der Waals surface area contributed by atoms with Gasteiger partial charge in [-0.1, -0.05) is 13.0 Å². The third kappa shape index (κ3) is 2.71. The van der Waals surface area contributed by atoms with Gasteiger partial charge in [-0.3, -0.25) is 14.4 Å². The molecule has 0 heterocycles. The summed E-state index contributed by atoms with van der Waals surface area (Å²) in [6.45, 7) is 4.30. The predicted molar refractivity (Wildman–Crippen MR) is 106 cm³/mol. The summed E-state index contributed by atoms with van der Waals surface area (Å²) >= 11 is 0. The van der Waals surface area contributed by atoms with Crippen LogP contribution in [0.1, 0.15) is 59.3 Å². The third-order valence-electron chi connectivity index (χ3n) is 9.13. The number of hydrogen-bond donors (Lipinski definition) is 3. The Morgan fingerprint density at radius 1 is 1.20 bits per heavy atom. The second kappa shape index (κ2) is 6.71. The van der Waals surface area contributed by atoms with Gasteiger partial charge < -0.3 is 20.1 Å². The number of hydrogen-bond acceptors (Lipinski definition) is 7. The minimum atomic E-state index is -1.68. The van der Waals surface area contributed by atoms with Crippen molar-refractivity contribution in [3.8, 4) is 0 Å². The van der Waals surface area contributed by atoms with E-state index in [0.29, 0.717) is 19.3 Å². The Labute approximate surface area is 176 Å². The average Bonchev–Trinajstić information content (AvgIpc) is 3.15. The molecular weight excluding hydrogens is 388 g/mol. The van der Waals surface area contributed by atoms with Crippen molar-refractivity contribution in [3.05, 3.63) is 12.2 Å². The second-order valence-electron chi connectivity index (χ2n) is 10.4. The van der Waals surface area contributed by atoms with Crippen molar-refractivity contribution < 1.29 is 34.4 Å². The lowest BCUT2D eigenvalue weighted by Crippen LogP contribution is -2.66. The Morgan fingerprint density at radius 3 is 2.50 bits per heavy atom. The molecular formula is C23H32O7. The number of rotatable bonds is 3. The van der Waals surface area contributed by atoms with E-state index >= 15 is 0 Å². The maximum absolute atomic E-state index is 12.9. The molecule has 8 atom stereocenters. The molecule has 7 heteroatoms. The lowest BCUT2D eigenvalue weighted by atomic mass is 9.45. The molecule has 0 saturated heterocycles. The van der Waals surface area contributed by atoms with Gasteiger partial charge in [0.1, 0.15) is 5.60 Å². The number of esters is 1. The van der Waals surface area contributed by atoms with Crippen molar-refractivity contribution >= 4 is 17.5 Å². The summed E-state index contributed by atoms with van der Waals surface area (Å²) in [4.78, 5) is 36.0. The van der Waals surface area contributed by atoms with Crippen LogP contribution in [0.2, 0.25) is 0 Å². The first-order valence-electron chi connectivity index (χ1n) is 10.9. The Morgan fingerprint density at radius 2 is 1.90 bits per heavy atom. The molecule has 3 saturated carbocycles. The molecule has 0 aliphatic heterocycles. The van der Waals surface area contributed by atoms with Crippen LogP contribution in [0.25, 0.3) is 0 Å². The Balaban J connectivity index is 1.65. The van der Waals surface area contributed by atoms with Crippen LogP contribution < -0.4 is 0 Å². The van der Waals surface area contributed by atoms with E-state index in [-0.39, 0.29) is 36.9 Å². The zero-order chi connectivity index (χ0) is 22.1. The fraction of sp³-hybridized carbons (Fsp3) is 0.783. The molecule has 166 valence electrons. The summed E-state index contributed by atoms with van der Waals surface area (Å²) in [5.41, 5.74) is -4.47. The first kappa shape index (κ1) is 21.7. The molecule has 1 spiro atoms. The Hall–Kier alpha value is -1.57. The molecule has 30 heavy (non-hydrogen) atoms. The number of carbonyl (C=O) groups excluding carboxylic acids is 3. The molecule has 0 aromatic heterocycles. The normalized spacial score (nSPS) is 49.7. The van der Waals surface area contributed by atoms with Crippen molar-refractivity contribution in [3.63, 3.8) is 0 Å². The smallest absolute Gasteiger partial charge is 0.303 e. The third-order valence-corrected chi connectivity index (χ3v) is 9.13. The molecule has 4 aliphatic rings. The zero-order valence-electron chi connectivity index (χ0n) is 17.9. The van der Waals surface area contributed by atoms with E-state index in [1.807, 2.05) is 13.0 Å². The molecule has 4 aliphatic carbocycles. The summed E-state index contributed by atoms with van der Waals surface area (Å²) in [5.74, 6) is -1.68. The number of aliphatic hydroxyl groups is 3. The van der Waals surface area contributed by atoms with Crippen LogP contribution in [-0.4, -0.2) is 56.8 Å². The van der Waals surface area contributed by atoms with Gasteiger partial charge in [-0.2, -0.15) is 0 Å². The standard InChI is InChI=1S/C23H32O7/c1-13(24)30-12-18(27)23(29)9-6-16-15-5-8-22(7-4-14(25)10-22)21(3,28)19(15)17(26)11-20(16,23)2/h4,7,15-17,19,26,28-29H,5-6,8-12H2,1-3H3/t15-,16-,17-,19+,20-,21-,22-,23-/m0/s1. The molecule has 0 radical (unpaired) electrons. The minimum Gasteiger partial charge on any atom is -0.458 e. The maximum atomic E-state index is 12.9. The van der Waals surface area contributed by atoms with Gasteiger partial charge in [0.15, 0.2) is 12.4 Å². The molecule has 0 aromatic carbocycles. The summed E-state index contributed by atoms with van der Waals surface area (Å²) < 4.78 is 4.86. The number of fused-ring (bicyclic) bond motifs is 3. The molecule has 0 amide bonds. The molecule has 0 aromatic rings. The van der Waals surface area contributed by atoms with Crippen molar-refractivity contribution in [2.24, 2.45) is 28.6 Å². The Bertz CT molecular complexity index is 816. The van der Waals surface area contributed by atoms with Crippen LogP contribution in [0.3, 0.4) is 0 Å². The van der Waals surface area contributed by atoms with E-state index in [2.05, 4.69) is 0 Å². The predicted octanol–water partition coefficient (Wildman–Crippen LogP) is 1.32. The number of ether oxygens (including phenoxy) is 1. The van der Waals surface area contributed by atoms with E-state index in [1.54, 1.807) is 6.92 Å². The van der Waals surface area contributed by atoms with Crippen LogP contribution in [0.5, 0.6) is 0 Å². The highest BCUT2D eigenvalue weighted by molar-refractivity contribution is 5.93. The zero-order valence-corrected chi connectivity index (χ0v) is 17.9. The summed E-state index contributed by atoms with van der Waals surface area (Å²) in [6.07, 6.45) is 5.05. The van der Waals surface area contributed by atoms with E-state index in [4.69, 9.17) is 4.74 Å². The monoisotopic (exact) mass is 420 g/mol. The van der Waals surface area contributed by atoms with Gasteiger partial charge in [0, 0.05) is 30.1 Å². The van der Waals surface area contributed by atoms with Gasteiger partial charge in [-0.15, -0.1) is 0 Å². The number of aliphatic hydroxyl groups excluding tert-OH is 1. The van der Waals surface area contributed by atoms with Gasteiger partial charge >= 0.3 is 5.97 Å². The molecule has 0 unspecified atom stereocenters. The lowest BCUT2D eigenvalue weighted by molar-refractivity contribution is -0.228. The van der Waals surface area contributed by atoms with Crippen LogP contribution in [0, 0.1) is 28.6 Å². The molecule has 0 bridgehead atoms. The summed E-state index contributed by atoms with van der Waals surface area (Å²) in [5, 5.41) is 34.3. The number of allylic oxidation sites excluding steroid dienone is 1. The summed E-state index contributed by atoms with van der Waals surface area (Å²) in [7, 11) is 0. The van der Waals surface area contributed by atoms with Crippen molar-refractivity contribution in [2.45, 2.75) is 76.6 Å². The molecule has 3 N–H and O–H groups in total. The molecule has 7 nitrogen and oxygen atoms in total. The quantitative estimate of drug-likeness (QED) is 0.589. The highest BCUT2D eigenvalue weighted by atomic mass is 16.5. The number of Topliss-reactive ketones (excluding diaryl/α,β-unsaturated/α-hetero) is 1. The Kier molecular flexibility index (Phi) is 4.84. The van der Waals surface area contributed by atoms with Crippen LogP contribution in [-0.2, 0) is 19.1 Å². The van der Waals surface area contributed by atoms with E-state index < -0.39 is 52.4 Å². The van der Waals surface area contributed by atoms with Gasteiger partial charge in [-0.25, -0.2) is 0 Å². The molecule has 3 fully saturated rings. The van der Waals surface area contributed by atoms with Crippen molar-refractivity contribution in [2.75, 3.05) is 6.61 Å². The van der Waals surface area contributed by atoms with E-state index in [9.17, 15) is 29.7 Å². The fourth-order valence-electron chi connectivity index (χ4n) is 7.51. The van der Waals surface area contributed by atoms with Crippen molar-refractivity contribution in [1.82, 2.24) is 0 Å². The molecule has 4 rings (SSSR count). The number of carbonyl (C=O) groups is 3. The highest BCUT2D eigenvalue weighted by Gasteiger charge is 2.70. The highest BCUT2D eigenvalue weighted by Crippen LogP contribution is 2.67. The minimum absolute atomic E-state index is 0.00447. The second-order valence-corrected chi connectivity index (χ2v) is 10.4. The van der Waals surface area contributed by atoms with Gasteiger partial charge in [0.25, 0.3) is 0 Å². The first-order valence-corrected chi connectivity index (χ1v) is 10.9. The fourth-order valence-corrected chi connectivity index (χ4v) is 7.51. The van der Waals surface area contributed by atoms with Crippen LogP contribution in [0.15, 0.2) is 12.2 Å². The SMILES string of the molecule is CC(=O)OCC(=O)[C@@]1(O)CC[C@H]2[C@@H]3CC[C@]4(C=CC(=O)C4)[C@@](C)(O)[C@H]3[C@@H](O)C[C@@]21C. The first-order chi connectivity index (χ1) is 13.9. The number of ketones is 2. The van der Waals surface area contributed by atoms with Crippen molar-refractivity contribution in [1.29, 1.82) is 0 Å². The van der Waals surface area contributed by atoms with Crippen LogP contribution in [0.4, 0.5) is 0 Å². The average molecular weight is 421 g/mol. The van der Waals surface area contributed by atoms with Crippen LogP contribution >= 0.6 is 0 Å². The van der Waals surface area contributed by atoms with Gasteiger partial charge in [0.05, 0.1) is 11.7 Å². The topological polar surface area (TPSA) is 121 Å². The largest absolute Gasteiger partial charge is 0.458 e. The van der Waals surface area contributed by atoms with Gasteiger partial charge in [-0.05, 0) is 56.9 Å². The summed E-state index contributed by atoms with van der Waals surface area (Å²) in [6, 6.07) is 0. The maximum Gasteiger partial charge on any atom is 0.303 e.